The molecule has 6 nitrogen and oxygen atoms in total. The lowest BCUT2D eigenvalue weighted by Crippen LogP contribution is -2.48. The van der Waals surface area contributed by atoms with Crippen LogP contribution in [0.5, 0.6) is 5.75 Å². The topological polar surface area (TPSA) is 69.6 Å². The Labute approximate surface area is 194 Å². The Kier molecular flexibility index (Phi) is 6.07. The molecule has 0 saturated carbocycles. The molecular formula is C22H16ClF5N4O2. The predicted molar refractivity (Wildman–Crippen MR) is 116 cm³/mol. The second-order valence-electron chi connectivity index (χ2n) is 7.46. The number of carbonyl (C=O) groups excluding carboxylic acids is 1. The van der Waals surface area contributed by atoms with E-state index in [0.29, 0.717) is 0 Å². The van der Waals surface area contributed by atoms with Crippen LogP contribution in [0, 0.1) is 11.6 Å². The Bertz CT molecular complexity index is 1290. The fraction of sp³-hybridized carbons (Fsp3) is 0.227. The summed E-state index contributed by atoms with van der Waals surface area (Å²) < 4.78 is 70.8. The van der Waals surface area contributed by atoms with Gasteiger partial charge in [-0.1, -0.05) is 24.2 Å². The van der Waals surface area contributed by atoms with E-state index in [0.717, 1.165) is 24.3 Å². The number of phenols is 1. The van der Waals surface area contributed by atoms with Crippen molar-refractivity contribution in [1.29, 1.82) is 0 Å². The number of phenolic OH excluding ortho intramolecular Hbond substituents is 1. The van der Waals surface area contributed by atoms with E-state index < -0.39 is 46.0 Å². The quantitative estimate of drug-likeness (QED) is 0.415. The highest BCUT2D eigenvalue weighted by Gasteiger charge is 2.37. The van der Waals surface area contributed by atoms with Crippen LogP contribution in [-0.2, 0) is 11.0 Å². The highest BCUT2D eigenvalue weighted by Crippen LogP contribution is 2.43. The molecule has 178 valence electrons. The predicted octanol–water partition coefficient (Wildman–Crippen LogP) is 4.79. The second-order valence-corrected chi connectivity index (χ2v) is 7.87. The normalized spacial score (nSPS) is 14.5. The summed E-state index contributed by atoms with van der Waals surface area (Å²) in [6.45, 7) is 3.98. The lowest BCUT2D eigenvalue weighted by molar-refractivity contribution is -0.144. The molecule has 0 unspecified atom stereocenters. The summed E-state index contributed by atoms with van der Waals surface area (Å²) >= 11 is 6.23. The molecule has 0 spiro atoms. The summed E-state index contributed by atoms with van der Waals surface area (Å²) in [5.74, 6) is -5.15. The van der Waals surface area contributed by atoms with E-state index in [1.54, 1.807) is 0 Å². The molecule has 1 aromatic heterocycles. The van der Waals surface area contributed by atoms with Crippen LogP contribution in [0.3, 0.4) is 0 Å². The molecule has 34 heavy (non-hydrogen) atoms. The lowest BCUT2D eigenvalue weighted by Gasteiger charge is -2.35. The van der Waals surface area contributed by atoms with E-state index in [2.05, 4.69) is 16.5 Å². The third-order valence-electron chi connectivity index (χ3n) is 5.42. The molecule has 1 fully saturated rings. The molecule has 3 aromatic rings. The van der Waals surface area contributed by atoms with Crippen molar-refractivity contribution >= 4 is 34.2 Å². The third kappa shape index (κ3) is 4.11. The monoisotopic (exact) mass is 498 g/mol. The third-order valence-corrected chi connectivity index (χ3v) is 5.72. The van der Waals surface area contributed by atoms with Gasteiger partial charge in [-0.25, -0.2) is 18.7 Å². The number of hydrogen-bond donors (Lipinski definition) is 1. The van der Waals surface area contributed by atoms with Gasteiger partial charge in [0.25, 0.3) is 0 Å². The van der Waals surface area contributed by atoms with Gasteiger partial charge in [-0.2, -0.15) is 13.2 Å². The van der Waals surface area contributed by atoms with Crippen LogP contribution in [0.15, 0.2) is 36.9 Å². The van der Waals surface area contributed by atoms with Crippen LogP contribution in [-0.4, -0.2) is 52.1 Å². The molecule has 1 saturated heterocycles. The number of hydrogen-bond acceptors (Lipinski definition) is 5. The largest absolute Gasteiger partial charge is 0.507 e. The number of piperazine rings is 1. The average molecular weight is 499 g/mol. The van der Waals surface area contributed by atoms with Gasteiger partial charge in [0.2, 0.25) is 11.7 Å². The molecule has 1 N–H and O–H groups in total. The zero-order valence-electron chi connectivity index (χ0n) is 17.3. The van der Waals surface area contributed by atoms with Gasteiger partial charge in [0, 0.05) is 37.1 Å². The van der Waals surface area contributed by atoms with Crippen molar-refractivity contribution in [3.05, 3.63) is 59.4 Å². The number of anilines is 1. The van der Waals surface area contributed by atoms with Crippen LogP contribution in [0.1, 0.15) is 5.82 Å². The number of alkyl halides is 3. The zero-order chi connectivity index (χ0) is 24.8. The van der Waals surface area contributed by atoms with E-state index in [1.807, 2.05) is 0 Å². The summed E-state index contributed by atoms with van der Waals surface area (Å²) in [6, 6.07) is 4.36. The van der Waals surface area contributed by atoms with Gasteiger partial charge in [0.05, 0.1) is 10.6 Å². The number of aromatic nitrogens is 2. The second kappa shape index (κ2) is 8.71. The van der Waals surface area contributed by atoms with Crippen molar-refractivity contribution in [2.24, 2.45) is 0 Å². The molecule has 0 atom stereocenters. The number of halogens is 6. The first kappa shape index (κ1) is 23.7. The minimum Gasteiger partial charge on any atom is -0.507 e. The van der Waals surface area contributed by atoms with Crippen molar-refractivity contribution in [1.82, 2.24) is 14.9 Å². The van der Waals surface area contributed by atoms with E-state index in [1.165, 1.54) is 15.9 Å². The van der Waals surface area contributed by atoms with Crippen molar-refractivity contribution in [2.75, 3.05) is 31.1 Å². The summed E-state index contributed by atoms with van der Waals surface area (Å²) in [5, 5.41) is 9.59. The standard InChI is InChI=1S/C22H16ClF5N4O2/c1-2-15(34)31-6-8-32(9-7-31)20-11-10-12(23)16(17-13(24)4-3-5-14(17)33)18(25)19(11)29-21(30-20)22(26,27)28/h2-5,10,33H,1,6-9H2. The summed E-state index contributed by atoms with van der Waals surface area (Å²) in [5.41, 5.74) is -1.95. The molecule has 0 aliphatic carbocycles. The molecule has 4 rings (SSSR count). The average Bonchev–Trinajstić information content (AvgIpc) is 2.79. The summed E-state index contributed by atoms with van der Waals surface area (Å²) in [4.78, 5) is 21.7. The molecule has 0 radical (unpaired) electrons. The lowest BCUT2D eigenvalue weighted by atomic mass is 10.0. The highest BCUT2D eigenvalue weighted by atomic mass is 35.5. The van der Waals surface area contributed by atoms with Crippen molar-refractivity contribution in [3.63, 3.8) is 0 Å². The molecule has 1 aliphatic heterocycles. The first-order valence-corrected chi connectivity index (χ1v) is 10.3. The van der Waals surface area contributed by atoms with Gasteiger partial charge >= 0.3 is 6.18 Å². The number of nitrogens with zero attached hydrogens (tertiary/aromatic N) is 4. The number of benzene rings is 2. The fourth-order valence-electron chi connectivity index (χ4n) is 3.80. The number of amides is 1. The molecule has 1 amide bonds. The van der Waals surface area contributed by atoms with Gasteiger partial charge < -0.3 is 14.9 Å². The summed E-state index contributed by atoms with van der Waals surface area (Å²) in [6.07, 6.45) is -3.87. The molecule has 2 heterocycles. The van der Waals surface area contributed by atoms with Gasteiger partial charge in [0.1, 0.15) is 22.9 Å². The fourth-order valence-corrected chi connectivity index (χ4v) is 4.09. The minimum atomic E-state index is -5.00. The Morgan fingerprint density at radius 3 is 2.38 bits per heavy atom. The molecule has 0 bridgehead atoms. The van der Waals surface area contributed by atoms with Crippen LogP contribution in [0.25, 0.3) is 22.0 Å². The number of carbonyl (C=O) groups is 1. The van der Waals surface area contributed by atoms with Crippen molar-refractivity contribution < 1.29 is 31.9 Å². The van der Waals surface area contributed by atoms with Crippen molar-refractivity contribution in [3.8, 4) is 16.9 Å². The van der Waals surface area contributed by atoms with Crippen LogP contribution in [0.2, 0.25) is 5.02 Å². The number of aromatic hydroxyl groups is 1. The van der Waals surface area contributed by atoms with Gasteiger partial charge in [-0.3, -0.25) is 4.79 Å². The smallest absolute Gasteiger partial charge is 0.451 e. The van der Waals surface area contributed by atoms with Crippen LogP contribution in [0.4, 0.5) is 27.8 Å². The summed E-state index contributed by atoms with van der Waals surface area (Å²) in [7, 11) is 0. The van der Waals surface area contributed by atoms with E-state index >= 15 is 4.39 Å². The van der Waals surface area contributed by atoms with Crippen LogP contribution < -0.4 is 4.90 Å². The van der Waals surface area contributed by atoms with E-state index in [9.17, 15) is 27.5 Å². The molecule has 12 heteroatoms. The first-order valence-electron chi connectivity index (χ1n) is 9.94. The van der Waals surface area contributed by atoms with E-state index in [4.69, 9.17) is 11.6 Å². The Morgan fingerprint density at radius 2 is 1.79 bits per heavy atom. The van der Waals surface area contributed by atoms with Gasteiger partial charge in [0.15, 0.2) is 5.82 Å². The SMILES string of the molecule is C=CC(=O)N1CCN(c2nc(C(F)(F)F)nc3c(F)c(-c4c(O)cccc4F)c(Cl)cc23)CC1. The number of fused-ring (bicyclic) bond motifs is 1. The maximum atomic E-state index is 15.6. The zero-order valence-corrected chi connectivity index (χ0v) is 18.1. The Morgan fingerprint density at radius 1 is 1.12 bits per heavy atom. The number of rotatable bonds is 3. The molecular weight excluding hydrogens is 483 g/mol. The highest BCUT2D eigenvalue weighted by molar-refractivity contribution is 6.34. The van der Waals surface area contributed by atoms with Gasteiger partial charge in [-0.15, -0.1) is 0 Å². The first-order chi connectivity index (χ1) is 16.0. The van der Waals surface area contributed by atoms with Crippen LogP contribution >= 0.6 is 11.6 Å². The Balaban J connectivity index is 1.92. The van der Waals surface area contributed by atoms with Crippen molar-refractivity contribution in [2.45, 2.75) is 6.18 Å². The molecule has 2 aromatic carbocycles. The Hall–Kier alpha value is -3.47. The maximum Gasteiger partial charge on any atom is 0.451 e. The molecule has 1 aliphatic rings. The maximum absolute atomic E-state index is 15.6. The van der Waals surface area contributed by atoms with Gasteiger partial charge in [-0.05, 0) is 24.3 Å². The van der Waals surface area contributed by atoms with E-state index in [-0.39, 0.29) is 48.3 Å². The minimum absolute atomic E-state index is 0.109.